The lowest BCUT2D eigenvalue weighted by Gasteiger charge is -2.43. The Kier molecular flexibility index (Phi) is 6.47. The van der Waals surface area contributed by atoms with Gasteiger partial charge in [-0.25, -0.2) is 0 Å². The molecule has 2 heterocycles. The molecule has 2 amide bonds. The lowest BCUT2D eigenvalue weighted by molar-refractivity contribution is -0.146. The molecule has 21 heavy (non-hydrogen) atoms. The molecule has 0 aromatic heterocycles. The van der Waals surface area contributed by atoms with Crippen LogP contribution in [0.1, 0.15) is 40.0 Å². The van der Waals surface area contributed by atoms with Gasteiger partial charge >= 0.3 is 0 Å². The molecule has 1 N–H and O–H groups in total. The number of piperidine rings is 1. The van der Waals surface area contributed by atoms with Crippen LogP contribution < -0.4 is 5.32 Å². The zero-order valence-corrected chi connectivity index (χ0v) is 14.2. The van der Waals surface area contributed by atoms with Crippen LogP contribution in [0.5, 0.6) is 0 Å². The Morgan fingerprint density at radius 3 is 2.71 bits per heavy atom. The Bertz CT molecular complexity index is 387. The van der Waals surface area contributed by atoms with Gasteiger partial charge in [-0.3, -0.25) is 9.59 Å². The molecule has 2 saturated heterocycles. The van der Waals surface area contributed by atoms with Gasteiger partial charge in [-0.05, 0) is 19.3 Å². The van der Waals surface area contributed by atoms with E-state index in [9.17, 15) is 9.59 Å². The predicted molar refractivity (Wildman–Crippen MR) is 85.5 cm³/mol. The summed E-state index contributed by atoms with van der Waals surface area (Å²) in [6, 6.07) is 0.204. The Hall–Kier alpha value is -0.810. The molecule has 2 aliphatic rings. The second-order valence-electron chi connectivity index (χ2n) is 6.55. The monoisotopic (exact) mass is 317 g/mol. The molecule has 1 unspecified atom stereocenters. The van der Waals surface area contributed by atoms with E-state index in [2.05, 4.69) is 12.2 Å². The van der Waals surface area contributed by atoms with Crippen LogP contribution in [-0.4, -0.2) is 60.4 Å². The molecule has 0 bridgehead atoms. The number of nitrogens with one attached hydrogen (secondary N) is 1. The summed E-state index contributed by atoms with van der Waals surface area (Å²) in [5, 5.41) is 3.10. The third kappa shape index (κ3) is 4.10. The summed E-state index contributed by atoms with van der Waals surface area (Å²) in [5.41, 5.74) is -0.296. The van der Waals surface area contributed by atoms with E-state index in [1.54, 1.807) is 0 Å². The second kappa shape index (κ2) is 7.45. The van der Waals surface area contributed by atoms with Crippen LogP contribution in [0.3, 0.4) is 0 Å². The number of piperazine rings is 1. The largest absolute Gasteiger partial charge is 0.340 e. The van der Waals surface area contributed by atoms with E-state index in [-0.39, 0.29) is 35.7 Å². The zero-order valence-electron chi connectivity index (χ0n) is 13.4. The van der Waals surface area contributed by atoms with Crippen molar-refractivity contribution in [3.8, 4) is 0 Å². The van der Waals surface area contributed by atoms with Gasteiger partial charge in [-0.15, -0.1) is 12.4 Å². The first kappa shape index (κ1) is 18.2. The van der Waals surface area contributed by atoms with Crippen molar-refractivity contribution in [2.45, 2.75) is 46.1 Å². The fourth-order valence-corrected chi connectivity index (χ4v) is 2.98. The maximum Gasteiger partial charge on any atom is 0.236 e. The van der Waals surface area contributed by atoms with E-state index in [1.807, 2.05) is 23.6 Å². The average Bonchev–Trinajstić information content (AvgIpc) is 2.47. The van der Waals surface area contributed by atoms with Crippen molar-refractivity contribution in [2.75, 3.05) is 32.7 Å². The van der Waals surface area contributed by atoms with Gasteiger partial charge in [0, 0.05) is 37.6 Å². The highest BCUT2D eigenvalue weighted by molar-refractivity contribution is 5.85. The minimum absolute atomic E-state index is 0. The van der Waals surface area contributed by atoms with Crippen LogP contribution in [0.25, 0.3) is 0 Å². The third-order valence-corrected chi connectivity index (χ3v) is 4.71. The molecule has 0 radical (unpaired) electrons. The van der Waals surface area contributed by atoms with E-state index in [1.165, 1.54) is 0 Å². The van der Waals surface area contributed by atoms with Crippen LogP contribution in [0.2, 0.25) is 0 Å². The Morgan fingerprint density at radius 2 is 2.10 bits per heavy atom. The van der Waals surface area contributed by atoms with Gasteiger partial charge in [-0.1, -0.05) is 20.8 Å². The standard InChI is InChI=1S/C15H27N3O2.ClH/c1-4-15(2,3)14(20)17-8-5-6-12(11-17)18-9-7-16-10-13(18)19;/h12,16H,4-11H2,1-3H3;1H. The summed E-state index contributed by atoms with van der Waals surface area (Å²) < 4.78 is 0. The van der Waals surface area contributed by atoms with E-state index in [4.69, 9.17) is 0 Å². The summed E-state index contributed by atoms with van der Waals surface area (Å²) in [6.45, 7) is 9.67. The topological polar surface area (TPSA) is 52.7 Å². The predicted octanol–water partition coefficient (Wildman–Crippen LogP) is 1.27. The number of carbonyl (C=O) groups excluding carboxylic acids is 2. The number of amides is 2. The van der Waals surface area contributed by atoms with Crippen molar-refractivity contribution in [3.63, 3.8) is 0 Å². The number of halogens is 1. The molecule has 1 atom stereocenters. The summed E-state index contributed by atoms with van der Waals surface area (Å²) >= 11 is 0. The van der Waals surface area contributed by atoms with Gasteiger partial charge in [0.25, 0.3) is 0 Å². The highest BCUT2D eigenvalue weighted by Crippen LogP contribution is 2.26. The van der Waals surface area contributed by atoms with E-state index in [0.717, 1.165) is 38.9 Å². The van der Waals surface area contributed by atoms with Gasteiger partial charge in [0.05, 0.1) is 6.54 Å². The Morgan fingerprint density at radius 1 is 1.38 bits per heavy atom. The number of nitrogens with zero attached hydrogens (tertiary/aromatic N) is 2. The molecule has 0 aliphatic carbocycles. The molecule has 0 spiro atoms. The van der Waals surface area contributed by atoms with Crippen molar-refractivity contribution in [1.29, 1.82) is 0 Å². The van der Waals surface area contributed by atoms with Gasteiger partial charge in [-0.2, -0.15) is 0 Å². The highest BCUT2D eigenvalue weighted by Gasteiger charge is 2.36. The van der Waals surface area contributed by atoms with E-state index in [0.29, 0.717) is 13.1 Å². The van der Waals surface area contributed by atoms with E-state index >= 15 is 0 Å². The summed E-state index contributed by atoms with van der Waals surface area (Å²) in [5.74, 6) is 0.401. The van der Waals surface area contributed by atoms with Crippen LogP contribution in [0.4, 0.5) is 0 Å². The van der Waals surface area contributed by atoms with Crippen LogP contribution in [0.15, 0.2) is 0 Å². The molecule has 5 nitrogen and oxygen atoms in total. The summed E-state index contributed by atoms with van der Waals surface area (Å²) in [4.78, 5) is 28.5. The van der Waals surface area contributed by atoms with Crippen molar-refractivity contribution >= 4 is 24.2 Å². The van der Waals surface area contributed by atoms with Crippen molar-refractivity contribution in [3.05, 3.63) is 0 Å². The van der Waals surface area contributed by atoms with Crippen LogP contribution in [0, 0.1) is 5.41 Å². The summed E-state index contributed by atoms with van der Waals surface area (Å²) in [6.07, 6.45) is 2.86. The first-order valence-electron chi connectivity index (χ1n) is 7.75. The SMILES string of the molecule is CCC(C)(C)C(=O)N1CCCC(N2CCNCC2=O)C1.Cl. The van der Waals surface area contributed by atoms with Crippen molar-refractivity contribution in [1.82, 2.24) is 15.1 Å². The molecule has 2 fully saturated rings. The quantitative estimate of drug-likeness (QED) is 0.853. The second-order valence-corrected chi connectivity index (χ2v) is 6.55. The lowest BCUT2D eigenvalue weighted by Crippen LogP contribution is -2.58. The number of rotatable bonds is 3. The number of hydrogen-bond donors (Lipinski definition) is 1. The lowest BCUT2D eigenvalue weighted by atomic mass is 9.87. The molecule has 122 valence electrons. The fraction of sp³-hybridized carbons (Fsp3) is 0.867. The maximum absolute atomic E-state index is 12.6. The first-order chi connectivity index (χ1) is 9.45. The average molecular weight is 318 g/mol. The van der Waals surface area contributed by atoms with E-state index < -0.39 is 0 Å². The first-order valence-corrected chi connectivity index (χ1v) is 7.75. The summed E-state index contributed by atoms with van der Waals surface area (Å²) in [7, 11) is 0. The maximum atomic E-state index is 12.6. The van der Waals surface area contributed by atoms with Crippen molar-refractivity contribution in [2.24, 2.45) is 5.41 Å². The molecule has 0 aromatic rings. The smallest absolute Gasteiger partial charge is 0.236 e. The fourth-order valence-electron chi connectivity index (χ4n) is 2.98. The van der Waals surface area contributed by atoms with Gasteiger partial charge in [0.15, 0.2) is 0 Å². The Balaban J connectivity index is 0.00000220. The minimum atomic E-state index is -0.296. The van der Waals surface area contributed by atoms with Gasteiger partial charge < -0.3 is 15.1 Å². The third-order valence-electron chi connectivity index (χ3n) is 4.71. The van der Waals surface area contributed by atoms with Crippen molar-refractivity contribution < 1.29 is 9.59 Å². The molecular weight excluding hydrogens is 290 g/mol. The number of likely N-dealkylation sites (tertiary alicyclic amines) is 1. The molecule has 2 aliphatic heterocycles. The molecule has 0 aromatic carbocycles. The minimum Gasteiger partial charge on any atom is -0.340 e. The zero-order chi connectivity index (χ0) is 14.8. The molecular formula is C15H28ClN3O2. The molecule has 2 rings (SSSR count). The number of carbonyl (C=O) groups is 2. The van der Waals surface area contributed by atoms with Crippen LogP contribution >= 0.6 is 12.4 Å². The van der Waals surface area contributed by atoms with Crippen LogP contribution in [-0.2, 0) is 9.59 Å². The van der Waals surface area contributed by atoms with Gasteiger partial charge in [0.1, 0.15) is 0 Å². The normalized spacial score (nSPS) is 23.8. The van der Waals surface area contributed by atoms with Gasteiger partial charge in [0.2, 0.25) is 11.8 Å². The highest BCUT2D eigenvalue weighted by atomic mass is 35.5. The molecule has 0 saturated carbocycles. The molecule has 6 heteroatoms. The number of hydrogen-bond acceptors (Lipinski definition) is 3. The Labute approximate surface area is 133 Å².